The molecule has 7 nitrogen and oxygen atoms in total. The zero-order valence-electron chi connectivity index (χ0n) is 14.6. The monoisotopic (exact) mass is 346 g/mol. The second-order valence-electron chi connectivity index (χ2n) is 6.03. The molecule has 2 amide bonds. The van der Waals surface area contributed by atoms with Crippen LogP contribution in [0.1, 0.15) is 23.0 Å². The summed E-state index contributed by atoms with van der Waals surface area (Å²) < 4.78 is 16.2. The van der Waals surface area contributed by atoms with Crippen molar-refractivity contribution in [1.82, 2.24) is 10.2 Å². The lowest BCUT2D eigenvalue weighted by Gasteiger charge is -2.29. The number of rotatable bonds is 4. The highest BCUT2D eigenvalue weighted by molar-refractivity contribution is 6.01. The second-order valence-corrected chi connectivity index (χ2v) is 6.03. The van der Waals surface area contributed by atoms with Gasteiger partial charge in [-0.15, -0.1) is 0 Å². The summed E-state index contributed by atoms with van der Waals surface area (Å²) in [4.78, 5) is 26.7. The first-order valence-electron chi connectivity index (χ1n) is 8.26. The van der Waals surface area contributed by atoms with Crippen molar-refractivity contribution in [3.8, 4) is 5.75 Å². The fourth-order valence-corrected chi connectivity index (χ4v) is 2.98. The van der Waals surface area contributed by atoms with Crippen LogP contribution in [0, 0.1) is 6.92 Å². The number of hydrogen-bond donors (Lipinski definition) is 1. The van der Waals surface area contributed by atoms with Gasteiger partial charge < -0.3 is 24.1 Å². The van der Waals surface area contributed by atoms with E-state index in [1.807, 2.05) is 19.1 Å². The molecule has 1 aliphatic rings. The van der Waals surface area contributed by atoms with Gasteiger partial charge in [-0.05, 0) is 19.9 Å². The molecule has 0 saturated carbocycles. The number of carbonyl (C=O) groups excluding carboxylic acids is 2. The maximum absolute atomic E-state index is 12.6. The van der Waals surface area contributed by atoms with Gasteiger partial charge in [-0.1, -0.05) is 12.1 Å². The number of para-hydroxylation sites is 1. The van der Waals surface area contributed by atoms with E-state index in [4.69, 9.17) is 13.9 Å². The van der Waals surface area contributed by atoms with E-state index in [0.717, 1.165) is 10.9 Å². The average molecular weight is 346 g/mol. The van der Waals surface area contributed by atoms with Crippen LogP contribution in [0.2, 0.25) is 0 Å². The molecule has 0 unspecified atom stereocenters. The van der Waals surface area contributed by atoms with Crippen LogP contribution in [0.3, 0.4) is 0 Å². The predicted octanol–water partition coefficient (Wildman–Crippen LogP) is 1.73. The molecule has 0 bridgehead atoms. The second kappa shape index (κ2) is 7.14. The van der Waals surface area contributed by atoms with Crippen molar-refractivity contribution in [3.63, 3.8) is 0 Å². The molecule has 0 aliphatic carbocycles. The van der Waals surface area contributed by atoms with Crippen LogP contribution in [0.5, 0.6) is 5.75 Å². The van der Waals surface area contributed by atoms with Crippen molar-refractivity contribution >= 4 is 22.8 Å². The summed E-state index contributed by atoms with van der Waals surface area (Å²) in [6.45, 7) is 5.62. The lowest BCUT2D eigenvalue weighted by atomic mass is 10.1. The summed E-state index contributed by atoms with van der Waals surface area (Å²) >= 11 is 0. The first-order chi connectivity index (χ1) is 12.0. The molecule has 0 radical (unpaired) electrons. The summed E-state index contributed by atoms with van der Waals surface area (Å²) in [6.07, 6.45) is 0. The minimum absolute atomic E-state index is 0.122. The highest BCUT2D eigenvalue weighted by atomic mass is 16.5. The van der Waals surface area contributed by atoms with Gasteiger partial charge >= 0.3 is 0 Å². The molecule has 7 heteroatoms. The van der Waals surface area contributed by atoms with E-state index < -0.39 is 11.9 Å². The summed E-state index contributed by atoms with van der Waals surface area (Å²) in [7, 11) is 1.55. The fraction of sp³-hybridized carbons (Fsp3) is 0.444. The summed E-state index contributed by atoms with van der Waals surface area (Å²) in [5.41, 5.74) is 1.25. The highest BCUT2D eigenvalue weighted by Gasteiger charge is 2.26. The van der Waals surface area contributed by atoms with Gasteiger partial charge in [-0.2, -0.15) is 0 Å². The van der Waals surface area contributed by atoms with E-state index >= 15 is 0 Å². The average Bonchev–Trinajstić information content (AvgIpc) is 2.98. The zero-order chi connectivity index (χ0) is 18.0. The van der Waals surface area contributed by atoms with Gasteiger partial charge in [0.25, 0.3) is 5.91 Å². The third-order valence-corrected chi connectivity index (χ3v) is 4.39. The van der Waals surface area contributed by atoms with Crippen molar-refractivity contribution in [2.24, 2.45) is 0 Å². The van der Waals surface area contributed by atoms with Gasteiger partial charge in [-0.3, -0.25) is 9.59 Å². The van der Waals surface area contributed by atoms with Crippen molar-refractivity contribution in [1.29, 1.82) is 0 Å². The lowest BCUT2D eigenvalue weighted by Crippen LogP contribution is -2.50. The SMILES string of the molecule is COc1cccc2c(C)c(C(=O)N[C@@H](C)C(=O)N3CCOCC3)oc12. The van der Waals surface area contributed by atoms with E-state index in [0.29, 0.717) is 37.6 Å². The smallest absolute Gasteiger partial charge is 0.287 e. The number of amides is 2. The molecule has 134 valence electrons. The number of nitrogens with one attached hydrogen (secondary N) is 1. The molecule has 1 aromatic carbocycles. The first-order valence-corrected chi connectivity index (χ1v) is 8.26. The maximum atomic E-state index is 12.6. The number of furan rings is 1. The number of benzene rings is 1. The van der Waals surface area contributed by atoms with Crippen LogP contribution in [-0.2, 0) is 9.53 Å². The van der Waals surface area contributed by atoms with Gasteiger partial charge in [-0.25, -0.2) is 0 Å². The predicted molar refractivity (Wildman–Crippen MR) is 91.8 cm³/mol. The standard InChI is InChI=1S/C18H22N2O5/c1-11-13-5-4-6-14(23-3)16(13)25-15(11)17(21)19-12(2)18(22)20-7-9-24-10-8-20/h4-6,12H,7-10H2,1-3H3,(H,19,21)/t12-/m0/s1. The van der Waals surface area contributed by atoms with Gasteiger partial charge in [0.15, 0.2) is 17.1 Å². The quantitative estimate of drug-likeness (QED) is 0.912. The molecule has 1 saturated heterocycles. The molecular weight excluding hydrogens is 324 g/mol. The zero-order valence-corrected chi connectivity index (χ0v) is 14.6. The number of ether oxygens (including phenoxy) is 2. The Bertz CT molecular complexity index is 792. The van der Waals surface area contributed by atoms with Gasteiger partial charge in [0.2, 0.25) is 5.91 Å². The summed E-state index contributed by atoms with van der Waals surface area (Å²) in [5, 5.41) is 3.54. The molecule has 1 fully saturated rings. The fourth-order valence-electron chi connectivity index (χ4n) is 2.98. The Hall–Kier alpha value is -2.54. The van der Waals surface area contributed by atoms with Crippen LogP contribution in [0.4, 0.5) is 0 Å². The Morgan fingerprint density at radius 1 is 1.28 bits per heavy atom. The molecular formula is C18H22N2O5. The number of aryl methyl sites for hydroxylation is 1. The highest BCUT2D eigenvalue weighted by Crippen LogP contribution is 2.32. The number of nitrogens with zero attached hydrogens (tertiary/aromatic N) is 1. The molecule has 0 spiro atoms. The summed E-state index contributed by atoms with van der Waals surface area (Å²) in [5.74, 6) is 0.228. The van der Waals surface area contributed by atoms with E-state index in [1.54, 1.807) is 25.0 Å². The Labute approximate surface area is 145 Å². The van der Waals surface area contributed by atoms with Crippen LogP contribution in [0.15, 0.2) is 22.6 Å². The molecule has 1 N–H and O–H groups in total. The van der Waals surface area contributed by atoms with Gasteiger partial charge in [0.1, 0.15) is 6.04 Å². The minimum atomic E-state index is -0.639. The van der Waals surface area contributed by atoms with E-state index in [1.165, 1.54) is 0 Å². The van der Waals surface area contributed by atoms with E-state index in [9.17, 15) is 9.59 Å². The number of carbonyl (C=O) groups is 2. The van der Waals surface area contributed by atoms with Crippen molar-refractivity contribution in [2.75, 3.05) is 33.4 Å². The first kappa shape index (κ1) is 17.3. The largest absolute Gasteiger partial charge is 0.493 e. The molecule has 3 rings (SSSR count). The number of hydrogen-bond acceptors (Lipinski definition) is 5. The Morgan fingerprint density at radius 3 is 2.68 bits per heavy atom. The van der Waals surface area contributed by atoms with Crippen LogP contribution < -0.4 is 10.1 Å². The normalized spacial score (nSPS) is 15.9. The number of methoxy groups -OCH3 is 1. The minimum Gasteiger partial charge on any atom is -0.493 e. The molecule has 25 heavy (non-hydrogen) atoms. The van der Waals surface area contributed by atoms with Gasteiger partial charge in [0.05, 0.1) is 20.3 Å². The van der Waals surface area contributed by atoms with E-state index in [-0.39, 0.29) is 11.7 Å². The maximum Gasteiger partial charge on any atom is 0.287 e. The van der Waals surface area contributed by atoms with Crippen LogP contribution in [0.25, 0.3) is 11.0 Å². The van der Waals surface area contributed by atoms with Gasteiger partial charge in [0, 0.05) is 24.0 Å². The number of morpholine rings is 1. The molecule has 1 aromatic heterocycles. The number of fused-ring (bicyclic) bond motifs is 1. The lowest BCUT2D eigenvalue weighted by molar-refractivity contribution is -0.136. The third-order valence-electron chi connectivity index (χ3n) is 4.39. The van der Waals surface area contributed by atoms with Crippen molar-refractivity contribution in [3.05, 3.63) is 29.5 Å². The topological polar surface area (TPSA) is 81.0 Å². The van der Waals surface area contributed by atoms with E-state index in [2.05, 4.69) is 5.32 Å². The molecule has 2 aromatic rings. The Balaban J connectivity index is 1.77. The van der Waals surface area contributed by atoms with Crippen molar-refractivity contribution < 1.29 is 23.5 Å². The van der Waals surface area contributed by atoms with Crippen LogP contribution >= 0.6 is 0 Å². The molecule has 1 aliphatic heterocycles. The molecule has 2 heterocycles. The van der Waals surface area contributed by atoms with Crippen molar-refractivity contribution in [2.45, 2.75) is 19.9 Å². The Kier molecular flexibility index (Phi) is 4.94. The van der Waals surface area contributed by atoms with Crippen LogP contribution in [-0.4, -0.2) is 56.2 Å². The third kappa shape index (κ3) is 3.32. The summed E-state index contributed by atoms with van der Waals surface area (Å²) in [6, 6.07) is 4.85. The molecule has 1 atom stereocenters. The Morgan fingerprint density at radius 2 is 2.00 bits per heavy atom.